The lowest BCUT2D eigenvalue weighted by Gasteiger charge is -2.36. The van der Waals surface area contributed by atoms with E-state index in [-0.39, 0.29) is 29.4 Å². The molecule has 2 saturated heterocycles. The molecule has 4 rings (SSSR count). The summed E-state index contributed by atoms with van der Waals surface area (Å²) in [7, 11) is -3.04. The molecule has 1 amide bonds. The number of hydrogen-bond donors (Lipinski definition) is 0. The molecule has 2 atom stereocenters. The SMILES string of the molecule is O=C([C@H]1CCS(=O)(=O)C1)N1CCCC[C@H]1c1nc2ccccc2s1. The maximum atomic E-state index is 12.9. The highest BCUT2D eigenvalue weighted by molar-refractivity contribution is 7.91. The van der Waals surface area contributed by atoms with Crippen molar-refractivity contribution in [3.05, 3.63) is 29.3 Å². The average Bonchev–Trinajstić information content (AvgIpc) is 3.17. The van der Waals surface area contributed by atoms with E-state index < -0.39 is 9.84 Å². The molecule has 0 N–H and O–H groups in total. The minimum Gasteiger partial charge on any atom is -0.333 e. The van der Waals surface area contributed by atoms with E-state index in [0.717, 1.165) is 34.5 Å². The Bertz CT molecular complexity index is 842. The Hall–Kier alpha value is -1.47. The van der Waals surface area contributed by atoms with Crippen molar-refractivity contribution in [1.82, 2.24) is 9.88 Å². The summed E-state index contributed by atoms with van der Waals surface area (Å²) in [5.41, 5.74) is 0.971. The van der Waals surface area contributed by atoms with Gasteiger partial charge in [-0.3, -0.25) is 4.79 Å². The Morgan fingerprint density at radius 1 is 1.21 bits per heavy atom. The van der Waals surface area contributed by atoms with Gasteiger partial charge in [-0.15, -0.1) is 11.3 Å². The van der Waals surface area contributed by atoms with Gasteiger partial charge < -0.3 is 4.90 Å². The van der Waals surface area contributed by atoms with E-state index in [1.165, 1.54) is 0 Å². The van der Waals surface area contributed by atoms with E-state index in [1.807, 2.05) is 23.1 Å². The second-order valence-corrected chi connectivity index (χ2v) is 9.95. The van der Waals surface area contributed by atoms with E-state index in [1.54, 1.807) is 11.3 Å². The normalized spacial score (nSPS) is 26.8. The predicted molar refractivity (Wildman–Crippen MR) is 94.7 cm³/mol. The van der Waals surface area contributed by atoms with Crippen molar-refractivity contribution in [2.45, 2.75) is 31.7 Å². The molecule has 1 aromatic carbocycles. The number of rotatable bonds is 2. The van der Waals surface area contributed by atoms with Gasteiger partial charge in [0.05, 0.1) is 33.7 Å². The second-order valence-electron chi connectivity index (χ2n) is 6.66. The minimum atomic E-state index is -3.04. The molecule has 0 saturated carbocycles. The Balaban J connectivity index is 1.62. The monoisotopic (exact) mass is 364 g/mol. The third-order valence-corrected chi connectivity index (χ3v) is 7.87. The maximum absolute atomic E-state index is 12.9. The molecule has 2 aliphatic rings. The highest BCUT2D eigenvalue weighted by Gasteiger charge is 2.39. The predicted octanol–water partition coefficient (Wildman–Crippen LogP) is 2.78. The van der Waals surface area contributed by atoms with Gasteiger partial charge in [-0.25, -0.2) is 13.4 Å². The Morgan fingerprint density at radius 3 is 2.79 bits per heavy atom. The van der Waals surface area contributed by atoms with Crippen molar-refractivity contribution in [1.29, 1.82) is 0 Å². The summed E-state index contributed by atoms with van der Waals surface area (Å²) < 4.78 is 24.6. The van der Waals surface area contributed by atoms with Gasteiger partial charge >= 0.3 is 0 Å². The van der Waals surface area contributed by atoms with E-state index >= 15 is 0 Å². The summed E-state index contributed by atoms with van der Waals surface area (Å²) >= 11 is 1.64. The van der Waals surface area contributed by atoms with Gasteiger partial charge in [0, 0.05) is 6.54 Å². The zero-order chi connectivity index (χ0) is 16.7. The summed E-state index contributed by atoms with van der Waals surface area (Å²) in [6, 6.07) is 8.01. The lowest BCUT2D eigenvalue weighted by atomic mass is 9.99. The van der Waals surface area contributed by atoms with Crippen molar-refractivity contribution in [3.63, 3.8) is 0 Å². The van der Waals surface area contributed by atoms with Crippen LogP contribution in [0.5, 0.6) is 0 Å². The zero-order valence-electron chi connectivity index (χ0n) is 13.3. The third-order valence-electron chi connectivity index (χ3n) is 4.96. The summed E-state index contributed by atoms with van der Waals surface area (Å²) in [6.45, 7) is 0.704. The topological polar surface area (TPSA) is 67.3 Å². The molecular weight excluding hydrogens is 344 g/mol. The molecule has 24 heavy (non-hydrogen) atoms. The van der Waals surface area contributed by atoms with Crippen LogP contribution in [-0.4, -0.2) is 42.3 Å². The standard InChI is InChI=1S/C17H20N2O3S2/c20-17(12-8-10-24(21,22)11-12)19-9-4-3-6-14(19)16-18-13-5-1-2-7-15(13)23-16/h1-2,5,7,12,14H,3-4,6,8-11H2/t12-,14-/m0/s1. The molecule has 0 aliphatic carbocycles. The van der Waals surface area contributed by atoms with Gasteiger partial charge in [0.15, 0.2) is 9.84 Å². The fourth-order valence-corrected chi connectivity index (χ4v) is 6.56. The van der Waals surface area contributed by atoms with Gasteiger partial charge in [-0.1, -0.05) is 12.1 Å². The molecule has 2 aliphatic heterocycles. The van der Waals surface area contributed by atoms with Crippen molar-refractivity contribution in [2.24, 2.45) is 5.92 Å². The summed E-state index contributed by atoms with van der Waals surface area (Å²) in [5, 5.41) is 0.977. The number of amides is 1. The summed E-state index contributed by atoms with van der Waals surface area (Å²) in [4.78, 5) is 19.6. The van der Waals surface area contributed by atoms with Gasteiger partial charge in [-0.2, -0.15) is 0 Å². The first-order chi connectivity index (χ1) is 11.5. The van der Waals surface area contributed by atoms with Crippen LogP contribution in [0.25, 0.3) is 10.2 Å². The molecule has 2 aromatic rings. The molecule has 3 heterocycles. The van der Waals surface area contributed by atoms with Crippen LogP contribution in [0.2, 0.25) is 0 Å². The molecular formula is C17H20N2O3S2. The fourth-order valence-electron chi connectivity index (χ4n) is 3.71. The second kappa shape index (κ2) is 6.11. The Morgan fingerprint density at radius 2 is 2.04 bits per heavy atom. The largest absolute Gasteiger partial charge is 0.333 e. The van der Waals surface area contributed by atoms with Crippen LogP contribution in [0.3, 0.4) is 0 Å². The molecule has 1 aromatic heterocycles. The van der Waals surface area contributed by atoms with Crippen LogP contribution in [0.15, 0.2) is 24.3 Å². The highest BCUT2D eigenvalue weighted by Crippen LogP contribution is 2.37. The maximum Gasteiger partial charge on any atom is 0.227 e. The lowest BCUT2D eigenvalue weighted by Crippen LogP contribution is -2.42. The fraction of sp³-hybridized carbons (Fsp3) is 0.529. The van der Waals surface area contributed by atoms with Gasteiger partial charge in [0.25, 0.3) is 0 Å². The van der Waals surface area contributed by atoms with Gasteiger partial charge in [0.1, 0.15) is 5.01 Å². The number of aromatic nitrogens is 1. The molecule has 5 nitrogen and oxygen atoms in total. The number of sulfone groups is 1. The molecule has 2 fully saturated rings. The van der Waals surface area contributed by atoms with Crippen LogP contribution in [0, 0.1) is 5.92 Å². The number of hydrogen-bond acceptors (Lipinski definition) is 5. The minimum absolute atomic E-state index is 0.0000288. The van der Waals surface area contributed by atoms with Crippen LogP contribution >= 0.6 is 11.3 Å². The van der Waals surface area contributed by atoms with E-state index in [4.69, 9.17) is 4.98 Å². The number of nitrogens with zero attached hydrogens (tertiary/aromatic N) is 2. The quantitative estimate of drug-likeness (QED) is 0.822. The van der Waals surface area contributed by atoms with Gasteiger partial charge in [-0.05, 0) is 37.8 Å². The number of piperidine rings is 1. The number of para-hydroxylation sites is 1. The average molecular weight is 364 g/mol. The lowest BCUT2D eigenvalue weighted by molar-refractivity contribution is -0.138. The van der Waals surface area contributed by atoms with Crippen LogP contribution in [-0.2, 0) is 14.6 Å². The molecule has 128 valence electrons. The third kappa shape index (κ3) is 2.95. The van der Waals surface area contributed by atoms with E-state index in [0.29, 0.717) is 13.0 Å². The smallest absolute Gasteiger partial charge is 0.227 e. The number of thiazole rings is 1. The first-order valence-corrected chi connectivity index (χ1v) is 11.0. The Labute approximate surface area is 145 Å². The number of fused-ring (bicyclic) bond motifs is 1. The summed E-state index contributed by atoms with van der Waals surface area (Å²) in [5.74, 6) is -0.220. The van der Waals surface area contributed by atoms with E-state index in [2.05, 4.69) is 6.07 Å². The van der Waals surface area contributed by atoms with Crippen molar-refractivity contribution in [3.8, 4) is 0 Å². The molecule has 0 spiro atoms. The van der Waals surface area contributed by atoms with Crippen LogP contribution < -0.4 is 0 Å². The summed E-state index contributed by atoms with van der Waals surface area (Å²) in [6.07, 6.45) is 3.43. The number of likely N-dealkylation sites (tertiary alicyclic amines) is 1. The molecule has 7 heteroatoms. The van der Waals surface area contributed by atoms with Crippen molar-refractivity contribution < 1.29 is 13.2 Å². The highest BCUT2D eigenvalue weighted by atomic mass is 32.2. The van der Waals surface area contributed by atoms with Crippen molar-refractivity contribution >= 4 is 37.3 Å². The van der Waals surface area contributed by atoms with Gasteiger partial charge in [0.2, 0.25) is 5.91 Å². The molecule has 0 unspecified atom stereocenters. The van der Waals surface area contributed by atoms with Crippen molar-refractivity contribution in [2.75, 3.05) is 18.1 Å². The van der Waals surface area contributed by atoms with E-state index in [9.17, 15) is 13.2 Å². The zero-order valence-corrected chi connectivity index (χ0v) is 15.0. The number of carbonyl (C=O) groups is 1. The van der Waals surface area contributed by atoms with Crippen LogP contribution in [0.1, 0.15) is 36.7 Å². The number of carbonyl (C=O) groups excluding carboxylic acids is 1. The number of benzene rings is 1. The first-order valence-electron chi connectivity index (χ1n) is 8.40. The first kappa shape index (κ1) is 16.0. The van der Waals surface area contributed by atoms with Crippen LogP contribution in [0.4, 0.5) is 0 Å². The molecule has 0 radical (unpaired) electrons. The Kier molecular flexibility index (Phi) is 4.08. The molecule has 0 bridgehead atoms.